The number of halogens is 1. The van der Waals surface area contributed by atoms with Gasteiger partial charge in [-0.2, -0.15) is 5.10 Å². The molecule has 2 aromatic carbocycles. The van der Waals surface area contributed by atoms with E-state index in [2.05, 4.69) is 15.8 Å². The molecule has 29 heavy (non-hydrogen) atoms. The lowest BCUT2D eigenvalue weighted by Crippen LogP contribution is -2.22. The Morgan fingerprint density at radius 3 is 2.45 bits per heavy atom. The van der Waals surface area contributed by atoms with Crippen molar-refractivity contribution < 1.29 is 23.8 Å². The third-order valence-corrected chi connectivity index (χ3v) is 3.95. The molecule has 9 heteroatoms. The lowest BCUT2D eigenvalue weighted by atomic mass is 10.2. The van der Waals surface area contributed by atoms with Crippen molar-refractivity contribution in [3.05, 3.63) is 53.1 Å². The molecule has 0 spiro atoms. The first-order valence-electron chi connectivity index (χ1n) is 8.63. The normalized spacial score (nSPS) is 10.8. The monoisotopic (exact) mass is 419 g/mol. The van der Waals surface area contributed by atoms with Crippen LogP contribution in [0.2, 0.25) is 5.02 Å². The van der Waals surface area contributed by atoms with Crippen molar-refractivity contribution >= 4 is 35.0 Å². The molecule has 0 atom stereocenters. The molecule has 0 aliphatic carbocycles. The maximum atomic E-state index is 12.2. The first-order valence-corrected chi connectivity index (χ1v) is 9.01. The predicted octanol–water partition coefficient (Wildman–Crippen LogP) is 3.99. The standard InChI is InChI=1S/C20H22ClN3O5/c1-13(10-19(25)22-17-11-15(21)6-9-18(17)28-3)23-24-20(26)29-12-14-4-7-16(27-2)8-5-14/h4-9,11H,10,12H2,1-3H3,(H,22,25)(H,24,26)/b23-13+. The maximum absolute atomic E-state index is 12.2. The highest BCUT2D eigenvalue weighted by molar-refractivity contribution is 6.31. The summed E-state index contributed by atoms with van der Waals surface area (Å²) < 4.78 is 15.3. The summed E-state index contributed by atoms with van der Waals surface area (Å²) in [7, 11) is 3.07. The summed E-state index contributed by atoms with van der Waals surface area (Å²) in [5.74, 6) is 0.866. The molecule has 0 aliphatic heterocycles. The molecule has 2 N–H and O–H groups in total. The first kappa shape index (κ1) is 22.0. The van der Waals surface area contributed by atoms with E-state index in [1.54, 1.807) is 56.5 Å². The molecule has 0 aromatic heterocycles. The summed E-state index contributed by atoms with van der Waals surface area (Å²) >= 11 is 5.94. The van der Waals surface area contributed by atoms with E-state index in [1.165, 1.54) is 7.11 Å². The van der Waals surface area contributed by atoms with Gasteiger partial charge in [0.1, 0.15) is 18.1 Å². The third kappa shape index (κ3) is 7.34. The van der Waals surface area contributed by atoms with Crippen molar-refractivity contribution in [2.24, 2.45) is 5.10 Å². The summed E-state index contributed by atoms with van der Waals surface area (Å²) in [5.41, 5.74) is 3.90. The molecule has 2 amide bonds. The average Bonchev–Trinajstić information content (AvgIpc) is 2.71. The van der Waals surface area contributed by atoms with Gasteiger partial charge in [0.05, 0.1) is 26.3 Å². The number of nitrogens with zero attached hydrogens (tertiary/aromatic N) is 1. The Balaban J connectivity index is 1.80. The van der Waals surface area contributed by atoms with E-state index in [4.69, 9.17) is 25.8 Å². The Bertz CT molecular complexity index is 884. The summed E-state index contributed by atoms with van der Waals surface area (Å²) in [6.07, 6.45) is -0.758. The highest BCUT2D eigenvalue weighted by Crippen LogP contribution is 2.27. The summed E-state index contributed by atoms with van der Waals surface area (Å²) in [5, 5.41) is 7.02. The number of hydrogen-bond donors (Lipinski definition) is 2. The molecule has 2 aromatic rings. The van der Waals surface area contributed by atoms with Gasteiger partial charge in [-0.15, -0.1) is 0 Å². The molecule has 2 rings (SSSR count). The van der Waals surface area contributed by atoms with Crippen LogP contribution in [0, 0.1) is 0 Å². The Morgan fingerprint density at radius 1 is 1.07 bits per heavy atom. The quantitative estimate of drug-likeness (QED) is 0.498. The minimum absolute atomic E-state index is 0.0333. The number of anilines is 1. The number of ether oxygens (including phenoxy) is 3. The summed E-state index contributed by atoms with van der Waals surface area (Å²) in [4.78, 5) is 23.9. The van der Waals surface area contributed by atoms with Crippen LogP contribution < -0.4 is 20.2 Å². The zero-order valence-electron chi connectivity index (χ0n) is 16.3. The van der Waals surface area contributed by atoms with Crippen LogP contribution in [0.1, 0.15) is 18.9 Å². The van der Waals surface area contributed by atoms with Crippen LogP contribution in [0.15, 0.2) is 47.6 Å². The van der Waals surface area contributed by atoms with E-state index < -0.39 is 6.09 Å². The number of rotatable bonds is 8. The fourth-order valence-electron chi connectivity index (χ4n) is 2.29. The Kier molecular flexibility index (Phi) is 8.29. The van der Waals surface area contributed by atoms with Gasteiger partial charge in [-0.05, 0) is 42.8 Å². The summed E-state index contributed by atoms with van der Waals surface area (Å²) in [6.45, 7) is 1.69. The van der Waals surface area contributed by atoms with Crippen LogP contribution in [0.4, 0.5) is 10.5 Å². The predicted molar refractivity (Wildman–Crippen MR) is 111 cm³/mol. The van der Waals surface area contributed by atoms with Crippen molar-refractivity contribution in [1.29, 1.82) is 0 Å². The van der Waals surface area contributed by atoms with Crippen LogP contribution in [0.5, 0.6) is 11.5 Å². The molecule has 0 fully saturated rings. The Hall–Kier alpha value is -3.26. The summed E-state index contributed by atoms with van der Waals surface area (Å²) in [6, 6.07) is 12.0. The van der Waals surface area contributed by atoms with Gasteiger partial charge in [-0.1, -0.05) is 23.7 Å². The van der Waals surface area contributed by atoms with Crippen molar-refractivity contribution in [1.82, 2.24) is 5.43 Å². The van der Waals surface area contributed by atoms with E-state index in [9.17, 15) is 9.59 Å². The number of hydrazone groups is 1. The Labute approximate surface area is 173 Å². The van der Waals surface area contributed by atoms with Gasteiger partial charge in [0.25, 0.3) is 0 Å². The molecule has 0 aliphatic rings. The van der Waals surface area contributed by atoms with E-state index >= 15 is 0 Å². The minimum atomic E-state index is -0.725. The molecule has 0 saturated carbocycles. The van der Waals surface area contributed by atoms with Crippen LogP contribution in [-0.2, 0) is 16.1 Å². The number of hydrogen-bond acceptors (Lipinski definition) is 6. The first-order chi connectivity index (χ1) is 13.9. The number of nitrogens with one attached hydrogen (secondary N) is 2. The van der Waals surface area contributed by atoms with Gasteiger partial charge in [0.2, 0.25) is 5.91 Å². The van der Waals surface area contributed by atoms with Gasteiger partial charge >= 0.3 is 6.09 Å². The van der Waals surface area contributed by atoms with E-state index in [1.807, 2.05) is 0 Å². The van der Waals surface area contributed by atoms with Crippen LogP contribution >= 0.6 is 11.6 Å². The molecule has 0 bridgehead atoms. The topological polar surface area (TPSA) is 98.3 Å². The second-order valence-electron chi connectivity index (χ2n) is 5.95. The smallest absolute Gasteiger partial charge is 0.428 e. The fraction of sp³-hybridized carbons (Fsp3) is 0.250. The second-order valence-corrected chi connectivity index (χ2v) is 6.39. The van der Waals surface area contributed by atoms with Crippen molar-refractivity contribution in [3.8, 4) is 11.5 Å². The molecule has 0 radical (unpaired) electrons. The van der Waals surface area contributed by atoms with E-state index in [0.29, 0.717) is 27.9 Å². The lowest BCUT2D eigenvalue weighted by Gasteiger charge is -2.10. The Morgan fingerprint density at radius 2 is 1.79 bits per heavy atom. The molecule has 0 heterocycles. The van der Waals surface area contributed by atoms with Crippen LogP contribution in [-0.4, -0.2) is 31.9 Å². The van der Waals surface area contributed by atoms with Crippen molar-refractivity contribution in [2.45, 2.75) is 20.0 Å². The average molecular weight is 420 g/mol. The maximum Gasteiger partial charge on any atom is 0.428 e. The molecular formula is C20H22ClN3O5. The zero-order chi connectivity index (χ0) is 21.2. The third-order valence-electron chi connectivity index (χ3n) is 3.72. The highest BCUT2D eigenvalue weighted by Gasteiger charge is 2.10. The molecular weight excluding hydrogens is 398 g/mol. The van der Waals surface area contributed by atoms with Gasteiger partial charge in [-0.3, -0.25) is 4.79 Å². The SMILES string of the molecule is COc1ccc(COC(=O)N/N=C(\C)CC(=O)Nc2cc(Cl)ccc2OC)cc1. The second kappa shape index (κ2) is 10.9. The zero-order valence-corrected chi connectivity index (χ0v) is 17.1. The minimum Gasteiger partial charge on any atom is -0.497 e. The van der Waals surface area contributed by atoms with Gasteiger partial charge in [0.15, 0.2) is 0 Å². The van der Waals surface area contributed by atoms with Crippen LogP contribution in [0.3, 0.4) is 0 Å². The molecule has 0 unspecified atom stereocenters. The molecule has 8 nitrogen and oxygen atoms in total. The van der Waals surface area contributed by atoms with Gasteiger partial charge in [-0.25, -0.2) is 10.2 Å². The number of amides is 2. The fourth-order valence-corrected chi connectivity index (χ4v) is 2.46. The number of carbonyl (C=O) groups excluding carboxylic acids is 2. The lowest BCUT2D eigenvalue weighted by molar-refractivity contribution is -0.115. The van der Waals surface area contributed by atoms with E-state index in [-0.39, 0.29) is 18.9 Å². The van der Waals surface area contributed by atoms with Gasteiger partial charge in [0, 0.05) is 10.7 Å². The highest BCUT2D eigenvalue weighted by atomic mass is 35.5. The van der Waals surface area contributed by atoms with Crippen molar-refractivity contribution in [3.63, 3.8) is 0 Å². The van der Waals surface area contributed by atoms with E-state index in [0.717, 1.165) is 5.56 Å². The largest absolute Gasteiger partial charge is 0.497 e. The number of carbonyl (C=O) groups is 2. The van der Waals surface area contributed by atoms with Crippen LogP contribution in [0.25, 0.3) is 0 Å². The molecule has 154 valence electrons. The van der Waals surface area contributed by atoms with Gasteiger partial charge < -0.3 is 19.5 Å². The number of methoxy groups -OCH3 is 2. The molecule has 0 saturated heterocycles. The van der Waals surface area contributed by atoms with Crippen molar-refractivity contribution in [2.75, 3.05) is 19.5 Å². The number of benzene rings is 2.